The number of likely N-dealkylation sites (N-methyl/N-ethyl adjacent to an activating group) is 1. The lowest BCUT2D eigenvalue weighted by molar-refractivity contribution is 0.124. The number of amides is 2. The molecule has 0 aliphatic carbocycles. The summed E-state index contributed by atoms with van der Waals surface area (Å²) in [6.07, 6.45) is 2.32. The van der Waals surface area contributed by atoms with Gasteiger partial charge in [0.1, 0.15) is 0 Å². The third-order valence-corrected chi connectivity index (χ3v) is 2.95. The van der Waals surface area contributed by atoms with E-state index in [0.29, 0.717) is 19.0 Å². The first kappa shape index (κ1) is 12.3. The second-order valence-electron chi connectivity index (χ2n) is 4.28. The normalized spacial score (nSPS) is 21.5. The largest absolute Gasteiger partial charge is 0.395 e. The van der Waals surface area contributed by atoms with Crippen LogP contribution in [-0.4, -0.2) is 53.7 Å². The molecule has 88 valence electrons. The fourth-order valence-corrected chi connectivity index (χ4v) is 2.07. The summed E-state index contributed by atoms with van der Waals surface area (Å²) in [5.41, 5.74) is 0. The van der Waals surface area contributed by atoms with Gasteiger partial charge in [-0.2, -0.15) is 0 Å². The Morgan fingerprint density at radius 2 is 2.33 bits per heavy atom. The minimum absolute atomic E-state index is 0.0446. The lowest BCUT2D eigenvalue weighted by Gasteiger charge is -2.34. The molecule has 0 radical (unpaired) electrons. The van der Waals surface area contributed by atoms with Crippen LogP contribution in [0.25, 0.3) is 0 Å². The van der Waals surface area contributed by atoms with Gasteiger partial charge in [0, 0.05) is 26.2 Å². The van der Waals surface area contributed by atoms with Gasteiger partial charge in [0.2, 0.25) is 0 Å². The van der Waals surface area contributed by atoms with E-state index in [-0.39, 0.29) is 12.6 Å². The van der Waals surface area contributed by atoms with E-state index < -0.39 is 0 Å². The summed E-state index contributed by atoms with van der Waals surface area (Å²) in [6, 6.07) is 0.0816. The topological polar surface area (TPSA) is 43.8 Å². The van der Waals surface area contributed by atoms with Gasteiger partial charge in [0.15, 0.2) is 0 Å². The second kappa shape index (κ2) is 5.95. The molecule has 4 nitrogen and oxygen atoms in total. The van der Waals surface area contributed by atoms with Gasteiger partial charge in [-0.05, 0) is 25.7 Å². The number of aliphatic hydroxyl groups is 1. The Morgan fingerprint density at radius 3 is 2.87 bits per heavy atom. The molecule has 0 aromatic carbocycles. The molecule has 1 aliphatic heterocycles. The lowest BCUT2D eigenvalue weighted by Crippen LogP contribution is -2.47. The summed E-state index contributed by atoms with van der Waals surface area (Å²) in [5.74, 6) is 0.607. The van der Waals surface area contributed by atoms with Crippen LogP contribution in [0.1, 0.15) is 26.7 Å². The maximum Gasteiger partial charge on any atom is 0.320 e. The molecule has 0 aromatic heterocycles. The third-order valence-electron chi connectivity index (χ3n) is 2.95. The Bertz CT molecular complexity index is 209. The Kier molecular flexibility index (Phi) is 4.88. The van der Waals surface area contributed by atoms with Crippen molar-refractivity contribution in [2.45, 2.75) is 26.7 Å². The smallest absolute Gasteiger partial charge is 0.320 e. The Balaban J connectivity index is 2.49. The molecule has 0 spiro atoms. The molecule has 0 aromatic rings. The van der Waals surface area contributed by atoms with Crippen LogP contribution in [0.3, 0.4) is 0 Å². The van der Waals surface area contributed by atoms with Crippen molar-refractivity contribution in [1.82, 2.24) is 9.80 Å². The highest BCUT2D eigenvalue weighted by molar-refractivity contribution is 5.74. The van der Waals surface area contributed by atoms with Crippen LogP contribution in [0.4, 0.5) is 4.79 Å². The highest BCUT2D eigenvalue weighted by atomic mass is 16.3. The number of nitrogens with zero attached hydrogens (tertiary/aromatic N) is 2. The van der Waals surface area contributed by atoms with Crippen LogP contribution in [-0.2, 0) is 0 Å². The van der Waals surface area contributed by atoms with Crippen LogP contribution in [0.5, 0.6) is 0 Å². The molecular weight excluding hydrogens is 192 g/mol. The van der Waals surface area contributed by atoms with Crippen LogP contribution in [0.2, 0.25) is 0 Å². The minimum atomic E-state index is 0.0446. The molecule has 1 rings (SSSR count). The summed E-state index contributed by atoms with van der Waals surface area (Å²) in [7, 11) is 0. The van der Waals surface area contributed by atoms with Gasteiger partial charge in [-0.15, -0.1) is 0 Å². The second-order valence-corrected chi connectivity index (χ2v) is 4.28. The molecule has 2 amide bonds. The zero-order valence-corrected chi connectivity index (χ0v) is 9.78. The number of rotatable bonds is 3. The van der Waals surface area contributed by atoms with Gasteiger partial charge < -0.3 is 14.9 Å². The van der Waals surface area contributed by atoms with E-state index in [4.69, 9.17) is 5.11 Å². The third kappa shape index (κ3) is 3.38. The van der Waals surface area contributed by atoms with Gasteiger partial charge >= 0.3 is 6.03 Å². The van der Waals surface area contributed by atoms with E-state index in [1.807, 2.05) is 11.8 Å². The summed E-state index contributed by atoms with van der Waals surface area (Å²) >= 11 is 0. The first-order valence-corrected chi connectivity index (χ1v) is 5.83. The minimum Gasteiger partial charge on any atom is -0.395 e. The van der Waals surface area contributed by atoms with E-state index in [1.54, 1.807) is 4.90 Å². The molecule has 1 unspecified atom stereocenters. The number of hydrogen-bond donors (Lipinski definition) is 1. The predicted molar refractivity (Wildman–Crippen MR) is 59.7 cm³/mol. The van der Waals surface area contributed by atoms with Crippen molar-refractivity contribution in [2.24, 2.45) is 5.92 Å². The zero-order valence-electron chi connectivity index (χ0n) is 9.78. The molecule has 0 saturated carbocycles. The summed E-state index contributed by atoms with van der Waals surface area (Å²) in [5, 5.41) is 8.85. The van der Waals surface area contributed by atoms with Crippen molar-refractivity contribution in [2.75, 3.05) is 32.8 Å². The molecule has 1 heterocycles. The number of hydrogen-bond acceptors (Lipinski definition) is 2. The average Bonchev–Trinajstić information content (AvgIpc) is 2.25. The molecule has 0 bridgehead atoms. The van der Waals surface area contributed by atoms with E-state index in [2.05, 4.69) is 6.92 Å². The van der Waals surface area contributed by atoms with Crippen molar-refractivity contribution in [3.05, 3.63) is 0 Å². The van der Waals surface area contributed by atoms with Crippen LogP contribution >= 0.6 is 0 Å². The van der Waals surface area contributed by atoms with Gasteiger partial charge in [-0.3, -0.25) is 0 Å². The molecular formula is C11H22N2O2. The summed E-state index contributed by atoms with van der Waals surface area (Å²) < 4.78 is 0. The molecule has 15 heavy (non-hydrogen) atoms. The molecule has 1 fully saturated rings. The maximum atomic E-state index is 12.0. The number of carbonyl (C=O) groups excluding carboxylic acids is 1. The average molecular weight is 214 g/mol. The number of urea groups is 1. The number of carbonyl (C=O) groups is 1. The molecule has 4 heteroatoms. The number of piperidine rings is 1. The fourth-order valence-electron chi connectivity index (χ4n) is 2.07. The number of likely N-dealkylation sites (tertiary alicyclic amines) is 1. The van der Waals surface area contributed by atoms with Gasteiger partial charge in [-0.25, -0.2) is 4.79 Å². The molecule has 1 N–H and O–H groups in total. The van der Waals surface area contributed by atoms with E-state index in [1.165, 1.54) is 6.42 Å². The molecule has 1 aliphatic rings. The van der Waals surface area contributed by atoms with Gasteiger partial charge in [0.25, 0.3) is 0 Å². The zero-order chi connectivity index (χ0) is 11.3. The predicted octanol–water partition coefficient (Wildman–Crippen LogP) is 1.15. The monoisotopic (exact) mass is 214 g/mol. The molecule has 1 saturated heterocycles. The van der Waals surface area contributed by atoms with Gasteiger partial charge in [-0.1, -0.05) is 6.92 Å². The Morgan fingerprint density at radius 1 is 1.60 bits per heavy atom. The van der Waals surface area contributed by atoms with Crippen LogP contribution < -0.4 is 0 Å². The quantitative estimate of drug-likeness (QED) is 0.766. The number of aliphatic hydroxyl groups excluding tert-OH is 1. The Labute approximate surface area is 91.9 Å². The summed E-state index contributed by atoms with van der Waals surface area (Å²) in [4.78, 5) is 15.6. The van der Waals surface area contributed by atoms with Crippen molar-refractivity contribution < 1.29 is 9.90 Å². The first-order chi connectivity index (χ1) is 7.19. The fraction of sp³-hybridized carbons (Fsp3) is 0.909. The standard InChI is InChI=1S/C11H22N2O2/c1-3-12(7-8-14)11(15)13-6-4-5-10(2)9-13/h10,14H,3-9H2,1-2H3. The highest BCUT2D eigenvalue weighted by Gasteiger charge is 2.23. The Hall–Kier alpha value is -0.770. The van der Waals surface area contributed by atoms with Crippen molar-refractivity contribution in [3.8, 4) is 0 Å². The van der Waals surface area contributed by atoms with Crippen molar-refractivity contribution in [1.29, 1.82) is 0 Å². The maximum absolute atomic E-state index is 12.0. The molecule has 1 atom stereocenters. The van der Waals surface area contributed by atoms with E-state index >= 15 is 0 Å². The first-order valence-electron chi connectivity index (χ1n) is 5.83. The van der Waals surface area contributed by atoms with Gasteiger partial charge in [0.05, 0.1) is 6.61 Å². The van der Waals surface area contributed by atoms with E-state index in [0.717, 1.165) is 19.5 Å². The highest BCUT2D eigenvalue weighted by Crippen LogP contribution is 2.16. The van der Waals surface area contributed by atoms with Crippen LogP contribution in [0, 0.1) is 5.92 Å². The van der Waals surface area contributed by atoms with Crippen LogP contribution in [0.15, 0.2) is 0 Å². The summed E-state index contributed by atoms with van der Waals surface area (Å²) in [6.45, 7) is 7.02. The SMILES string of the molecule is CCN(CCO)C(=O)N1CCCC(C)C1. The van der Waals surface area contributed by atoms with Crippen molar-refractivity contribution >= 4 is 6.03 Å². The lowest BCUT2D eigenvalue weighted by atomic mass is 10.0. The van der Waals surface area contributed by atoms with E-state index in [9.17, 15) is 4.79 Å². The van der Waals surface area contributed by atoms with Crippen molar-refractivity contribution in [3.63, 3.8) is 0 Å².